The number of para-hydroxylation sites is 1. The zero-order valence-electron chi connectivity index (χ0n) is 20.2. The SMILES string of the molecule is CC(C(=O)OC(CF)CF)N(OC[C@H]1O[C@@H](n2ccc(=O)[nH]c2=O)[C@](C)(F)[C@@H]1O)[P+](=O)Oc1ccccc1. The number of benzene rings is 1. The number of carbonyl (C=O) groups excluding carboxylic acids is 1. The van der Waals surface area contributed by atoms with Gasteiger partial charge in [-0.05, 0) is 26.0 Å². The van der Waals surface area contributed by atoms with E-state index in [1.165, 1.54) is 12.1 Å². The van der Waals surface area contributed by atoms with Gasteiger partial charge in [0.25, 0.3) is 5.56 Å². The number of aromatic amines is 1. The van der Waals surface area contributed by atoms with E-state index in [1.54, 1.807) is 18.2 Å². The Kier molecular flexibility index (Phi) is 9.79. The highest BCUT2D eigenvalue weighted by atomic mass is 31.1. The molecule has 3 rings (SSSR count). The van der Waals surface area contributed by atoms with Gasteiger partial charge >= 0.3 is 19.8 Å². The largest absolute Gasteiger partial charge is 0.693 e. The fourth-order valence-electron chi connectivity index (χ4n) is 3.48. The summed E-state index contributed by atoms with van der Waals surface area (Å²) >= 11 is 0. The maximum atomic E-state index is 15.4. The number of ether oxygens (including phenoxy) is 2. The molecule has 0 aliphatic carbocycles. The third kappa shape index (κ3) is 6.66. The third-order valence-corrected chi connectivity index (χ3v) is 6.73. The van der Waals surface area contributed by atoms with Crippen molar-refractivity contribution < 1.29 is 46.5 Å². The highest BCUT2D eigenvalue weighted by molar-refractivity contribution is 7.36. The van der Waals surface area contributed by atoms with Crippen molar-refractivity contribution in [3.05, 3.63) is 63.4 Å². The molecule has 1 aromatic heterocycles. The van der Waals surface area contributed by atoms with Crippen LogP contribution in [0, 0.1) is 0 Å². The second kappa shape index (κ2) is 12.6. The van der Waals surface area contributed by atoms with Crippen LogP contribution in [0.15, 0.2) is 52.2 Å². The number of carbonyl (C=O) groups is 1. The molecule has 1 aliphatic heterocycles. The summed E-state index contributed by atoms with van der Waals surface area (Å²) in [6, 6.07) is 7.16. The molecule has 2 N–H and O–H groups in total. The number of halogens is 3. The molecule has 0 amide bonds. The van der Waals surface area contributed by atoms with Crippen LogP contribution in [-0.2, 0) is 23.7 Å². The number of esters is 1. The molecule has 0 saturated carbocycles. The number of aliphatic hydroxyl groups excluding tert-OH is 1. The van der Waals surface area contributed by atoms with Gasteiger partial charge in [0, 0.05) is 16.8 Å². The molecule has 16 heteroatoms. The summed E-state index contributed by atoms with van der Waals surface area (Å²) in [7, 11) is -3.00. The molecule has 12 nitrogen and oxygen atoms in total. The van der Waals surface area contributed by atoms with E-state index in [9.17, 15) is 32.8 Å². The van der Waals surface area contributed by atoms with Crippen molar-refractivity contribution in [1.29, 1.82) is 0 Å². The molecule has 1 aliphatic rings. The molecule has 1 fully saturated rings. The minimum atomic E-state index is -3.00. The highest BCUT2D eigenvalue weighted by Crippen LogP contribution is 2.41. The van der Waals surface area contributed by atoms with Crippen LogP contribution in [0.25, 0.3) is 0 Å². The van der Waals surface area contributed by atoms with E-state index < -0.39 is 81.6 Å². The molecule has 1 aromatic carbocycles. The van der Waals surface area contributed by atoms with E-state index in [1.807, 2.05) is 4.98 Å². The summed E-state index contributed by atoms with van der Waals surface area (Å²) in [5.74, 6) is -1.08. The van der Waals surface area contributed by atoms with E-state index in [4.69, 9.17) is 18.8 Å². The van der Waals surface area contributed by atoms with Crippen LogP contribution in [0.5, 0.6) is 5.75 Å². The Bertz CT molecular complexity index is 1230. The molecule has 2 unspecified atom stereocenters. The lowest BCUT2D eigenvalue weighted by Crippen LogP contribution is -2.44. The van der Waals surface area contributed by atoms with Gasteiger partial charge in [-0.3, -0.25) is 24.0 Å². The number of nitrogens with one attached hydrogen (secondary N) is 1. The molecule has 6 atom stereocenters. The fourth-order valence-corrected chi connectivity index (χ4v) is 4.40. The van der Waals surface area contributed by atoms with Gasteiger partial charge in [0.2, 0.25) is 0 Å². The van der Waals surface area contributed by atoms with Gasteiger partial charge in [0.1, 0.15) is 32.2 Å². The van der Waals surface area contributed by atoms with Crippen LogP contribution in [0.2, 0.25) is 0 Å². The Morgan fingerprint density at radius 2 is 1.92 bits per heavy atom. The lowest BCUT2D eigenvalue weighted by Gasteiger charge is -2.24. The molecule has 0 radical (unpaired) electrons. The van der Waals surface area contributed by atoms with Crippen molar-refractivity contribution in [3.8, 4) is 5.75 Å². The van der Waals surface area contributed by atoms with Crippen molar-refractivity contribution in [1.82, 2.24) is 14.4 Å². The van der Waals surface area contributed by atoms with E-state index >= 15 is 4.39 Å². The maximum absolute atomic E-state index is 15.4. The summed E-state index contributed by atoms with van der Waals surface area (Å²) in [4.78, 5) is 43.9. The quantitative estimate of drug-likeness (QED) is 0.222. The van der Waals surface area contributed by atoms with Crippen LogP contribution in [0.4, 0.5) is 13.2 Å². The van der Waals surface area contributed by atoms with Gasteiger partial charge < -0.3 is 14.6 Å². The smallest absolute Gasteiger partial charge is 0.455 e. The van der Waals surface area contributed by atoms with Crippen molar-refractivity contribution in [3.63, 3.8) is 0 Å². The number of alkyl halides is 3. The molecule has 38 heavy (non-hydrogen) atoms. The fraction of sp³-hybridized carbons (Fsp3) is 0.500. The number of rotatable bonds is 12. The van der Waals surface area contributed by atoms with Crippen LogP contribution >= 0.6 is 8.18 Å². The average molecular weight is 564 g/mol. The van der Waals surface area contributed by atoms with Crippen molar-refractivity contribution in [2.75, 3.05) is 20.0 Å². The molecule has 1 saturated heterocycles. The van der Waals surface area contributed by atoms with E-state index in [0.717, 1.165) is 30.7 Å². The Labute approximate surface area is 214 Å². The highest BCUT2D eigenvalue weighted by Gasteiger charge is 2.56. The van der Waals surface area contributed by atoms with Crippen LogP contribution in [-0.4, -0.2) is 75.4 Å². The van der Waals surface area contributed by atoms with Crippen LogP contribution in [0.3, 0.4) is 0 Å². The summed E-state index contributed by atoms with van der Waals surface area (Å²) < 4.78 is 70.4. The molecule has 2 heterocycles. The van der Waals surface area contributed by atoms with E-state index in [2.05, 4.69) is 0 Å². The first-order valence-corrected chi connectivity index (χ1v) is 12.4. The average Bonchev–Trinajstić information content (AvgIpc) is 3.11. The monoisotopic (exact) mass is 564 g/mol. The normalized spacial score (nSPS) is 24.4. The van der Waals surface area contributed by atoms with E-state index in [0.29, 0.717) is 4.83 Å². The minimum Gasteiger partial charge on any atom is -0.455 e. The number of hydrogen-bond donors (Lipinski definition) is 2. The van der Waals surface area contributed by atoms with Gasteiger partial charge in [-0.2, -0.15) is 0 Å². The molecule has 0 bridgehead atoms. The zero-order chi connectivity index (χ0) is 28.0. The number of H-pyrrole nitrogens is 1. The number of hydrogen-bond acceptors (Lipinski definition) is 9. The first-order chi connectivity index (χ1) is 18.0. The number of hydroxylamine groups is 1. The lowest BCUT2D eigenvalue weighted by molar-refractivity contribution is -0.185. The van der Waals surface area contributed by atoms with Gasteiger partial charge in [-0.15, -0.1) is 0 Å². The van der Waals surface area contributed by atoms with Gasteiger partial charge in [-0.1, -0.05) is 18.2 Å². The number of nitrogens with zero attached hydrogens (tertiary/aromatic N) is 2. The molecular weight excluding hydrogens is 538 g/mol. The first-order valence-electron chi connectivity index (χ1n) is 11.3. The summed E-state index contributed by atoms with van der Waals surface area (Å²) in [5, 5.41) is 10.5. The van der Waals surface area contributed by atoms with Gasteiger partial charge in [-0.25, -0.2) is 22.5 Å². The summed E-state index contributed by atoms with van der Waals surface area (Å²) in [5.41, 5.74) is -4.27. The molecule has 0 spiro atoms. The number of aliphatic hydroxyl groups is 1. The van der Waals surface area contributed by atoms with E-state index in [-0.39, 0.29) is 5.75 Å². The Balaban J connectivity index is 1.80. The maximum Gasteiger partial charge on any atom is 0.693 e. The predicted molar refractivity (Wildman–Crippen MR) is 125 cm³/mol. The zero-order valence-corrected chi connectivity index (χ0v) is 21.1. The topological polar surface area (TPSA) is 149 Å². The number of aromatic nitrogens is 2. The predicted octanol–water partition coefficient (Wildman–Crippen LogP) is 1.73. The van der Waals surface area contributed by atoms with Crippen LogP contribution < -0.4 is 15.8 Å². The minimum absolute atomic E-state index is 0.124. The van der Waals surface area contributed by atoms with Crippen LogP contribution in [0.1, 0.15) is 20.1 Å². The van der Waals surface area contributed by atoms with Gasteiger partial charge in [0.05, 0.1) is 4.83 Å². The Morgan fingerprint density at radius 1 is 1.26 bits per heavy atom. The lowest BCUT2D eigenvalue weighted by atomic mass is 9.98. The summed E-state index contributed by atoms with van der Waals surface area (Å²) in [6.45, 7) is -1.19. The molecule has 2 aromatic rings. The molecular formula is C22H26F3N3O9P+. The van der Waals surface area contributed by atoms with Crippen molar-refractivity contribution in [2.45, 2.75) is 50.1 Å². The second-order valence-electron chi connectivity index (χ2n) is 8.42. The summed E-state index contributed by atoms with van der Waals surface area (Å²) in [6.07, 6.45) is -5.74. The Morgan fingerprint density at radius 3 is 2.53 bits per heavy atom. The second-order valence-corrected chi connectivity index (χ2v) is 9.48. The van der Waals surface area contributed by atoms with Gasteiger partial charge in [0.15, 0.2) is 29.8 Å². The van der Waals surface area contributed by atoms with Crippen molar-refractivity contribution >= 4 is 14.1 Å². The third-order valence-electron chi connectivity index (χ3n) is 5.58. The van der Waals surface area contributed by atoms with Crippen molar-refractivity contribution in [2.24, 2.45) is 0 Å². The standard InChI is InChI=1S/C22H25F3N3O9P/c1-13(19(31)35-15(10-23)11-24)28(38(33)37-14-6-4-3-5-7-14)34-12-16-18(30)22(2,25)20(36-16)27-9-8-17(29)26-21(27)32/h3-9,13,15-16,18,20,30H,10-12H2,1-2H3/p+1/t13?,16-,18-,20-,22-/m1/s1. The first kappa shape index (κ1) is 29.5. The Hall–Kier alpha value is -3.10. The molecule has 208 valence electrons.